The number of likely N-dealkylation sites (tertiary alicyclic amines) is 1. The molecule has 4 unspecified atom stereocenters. The molecule has 2 aliphatic rings. The van der Waals surface area contributed by atoms with Crippen molar-refractivity contribution < 1.29 is 33.6 Å². The number of benzene rings is 2. The number of aliphatic hydroxyl groups is 1. The van der Waals surface area contributed by atoms with E-state index in [1.807, 2.05) is 57.2 Å². The van der Waals surface area contributed by atoms with Crippen LogP contribution in [0.4, 0.5) is 10.5 Å². The van der Waals surface area contributed by atoms with Crippen molar-refractivity contribution in [2.24, 2.45) is 0 Å². The number of rotatable bonds is 9. The number of carbonyl (C=O) groups is 2. The monoisotopic (exact) mass is 552 g/mol. The molecule has 2 aromatic rings. The molecule has 0 spiro atoms. The Morgan fingerprint density at radius 2 is 1.80 bits per heavy atom. The van der Waals surface area contributed by atoms with Crippen molar-refractivity contribution in [2.45, 2.75) is 76.8 Å². The molecule has 2 fully saturated rings. The van der Waals surface area contributed by atoms with E-state index < -0.39 is 18.0 Å². The van der Waals surface area contributed by atoms with E-state index in [-0.39, 0.29) is 37.4 Å². The van der Waals surface area contributed by atoms with Gasteiger partial charge in [0.1, 0.15) is 18.2 Å². The molecule has 1 amide bonds. The zero-order chi connectivity index (χ0) is 28.7. The summed E-state index contributed by atoms with van der Waals surface area (Å²) in [5, 5.41) is 12.1. The molecular weight excluding hydrogens is 512 g/mol. The van der Waals surface area contributed by atoms with Gasteiger partial charge in [0, 0.05) is 24.2 Å². The molecule has 2 aliphatic heterocycles. The van der Waals surface area contributed by atoms with Crippen molar-refractivity contribution >= 4 is 17.7 Å². The quantitative estimate of drug-likeness (QED) is 0.320. The molecule has 40 heavy (non-hydrogen) atoms. The molecule has 0 bridgehead atoms. The van der Waals surface area contributed by atoms with E-state index in [2.05, 4.69) is 16.8 Å². The summed E-state index contributed by atoms with van der Waals surface area (Å²) in [5.41, 5.74) is 2.66. The third kappa shape index (κ3) is 8.14. The van der Waals surface area contributed by atoms with Gasteiger partial charge in [0.05, 0.1) is 18.8 Å². The first-order valence-corrected chi connectivity index (χ1v) is 13.8. The Balaban J connectivity index is 1.50. The van der Waals surface area contributed by atoms with Crippen LogP contribution in [-0.4, -0.2) is 59.5 Å². The van der Waals surface area contributed by atoms with E-state index >= 15 is 0 Å². The lowest BCUT2D eigenvalue weighted by molar-refractivity contribution is -0.253. The highest BCUT2D eigenvalue weighted by Gasteiger charge is 2.38. The first-order chi connectivity index (χ1) is 19.1. The SMILES string of the molecule is C=CCOC(=O)Nc1ccc(C2OC(CN3CCCC3C(=O)OC(C)(C)C)CC(c3ccc(CO)cc3)O2)cc1. The smallest absolute Gasteiger partial charge is 0.411 e. The van der Waals surface area contributed by atoms with Gasteiger partial charge in [0.15, 0.2) is 6.29 Å². The van der Waals surface area contributed by atoms with E-state index in [1.54, 1.807) is 12.1 Å². The molecule has 0 radical (unpaired) electrons. The van der Waals surface area contributed by atoms with Crippen LogP contribution in [-0.2, 0) is 30.3 Å². The average Bonchev–Trinajstić information content (AvgIpc) is 3.39. The standard InChI is InChI=1S/C31H40N2O7/c1-5-17-37-30(36)32-24-14-12-23(13-15-24)29-38-25(18-27(39-29)22-10-8-21(20-34)9-11-22)19-33-16-6-7-26(33)28(35)40-31(2,3)4/h5,8-15,25-27,29,34H,1,6-7,16-20H2,2-4H3,(H,32,36). The Morgan fingerprint density at radius 1 is 1.10 bits per heavy atom. The number of ether oxygens (including phenoxy) is 4. The predicted octanol–water partition coefficient (Wildman–Crippen LogP) is 5.26. The van der Waals surface area contributed by atoms with Gasteiger partial charge in [-0.1, -0.05) is 49.1 Å². The highest BCUT2D eigenvalue weighted by atomic mass is 16.7. The van der Waals surface area contributed by atoms with Crippen LogP contribution in [0.3, 0.4) is 0 Å². The van der Waals surface area contributed by atoms with E-state index in [4.69, 9.17) is 18.9 Å². The number of hydrogen-bond acceptors (Lipinski definition) is 8. The highest BCUT2D eigenvalue weighted by molar-refractivity contribution is 5.84. The van der Waals surface area contributed by atoms with Crippen LogP contribution in [0.15, 0.2) is 61.2 Å². The molecule has 2 aromatic carbocycles. The Labute approximate surface area is 236 Å². The first kappa shape index (κ1) is 29.7. The van der Waals surface area contributed by atoms with Gasteiger partial charge in [0.25, 0.3) is 0 Å². The molecule has 9 heteroatoms. The maximum absolute atomic E-state index is 12.9. The molecule has 2 heterocycles. The van der Waals surface area contributed by atoms with Crippen LogP contribution in [0, 0.1) is 0 Å². The zero-order valence-corrected chi connectivity index (χ0v) is 23.5. The van der Waals surface area contributed by atoms with Crippen molar-refractivity contribution in [3.8, 4) is 0 Å². The van der Waals surface area contributed by atoms with Crippen LogP contribution in [0.25, 0.3) is 0 Å². The van der Waals surface area contributed by atoms with Crippen molar-refractivity contribution in [1.82, 2.24) is 4.90 Å². The number of aliphatic hydroxyl groups excluding tert-OH is 1. The largest absolute Gasteiger partial charge is 0.459 e. The lowest BCUT2D eigenvalue weighted by atomic mass is 9.99. The molecule has 4 rings (SSSR count). The van der Waals surface area contributed by atoms with Crippen LogP contribution >= 0.6 is 0 Å². The summed E-state index contributed by atoms with van der Waals surface area (Å²) < 4.78 is 23.6. The molecule has 0 saturated carbocycles. The van der Waals surface area contributed by atoms with Crippen molar-refractivity contribution in [3.63, 3.8) is 0 Å². The second-order valence-electron chi connectivity index (χ2n) is 11.2. The highest BCUT2D eigenvalue weighted by Crippen LogP contribution is 2.39. The summed E-state index contributed by atoms with van der Waals surface area (Å²) in [6.45, 7) is 10.7. The van der Waals surface area contributed by atoms with Gasteiger partial charge in [-0.25, -0.2) is 4.79 Å². The van der Waals surface area contributed by atoms with Crippen molar-refractivity contribution in [3.05, 3.63) is 77.9 Å². The van der Waals surface area contributed by atoms with Crippen molar-refractivity contribution in [1.29, 1.82) is 0 Å². The zero-order valence-electron chi connectivity index (χ0n) is 23.5. The molecule has 216 valence electrons. The Bertz CT molecular complexity index is 1140. The molecule has 0 aliphatic carbocycles. The molecule has 9 nitrogen and oxygen atoms in total. The number of amides is 1. The maximum atomic E-state index is 12.9. The molecular formula is C31H40N2O7. The average molecular weight is 553 g/mol. The number of nitrogens with one attached hydrogen (secondary N) is 1. The predicted molar refractivity (Wildman–Crippen MR) is 150 cm³/mol. The first-order valence-electron chi connectivity index (χ1n) is 13.8. The summed E-state index contributed by atoms with van der Waals surface area (Å²) in [4.78, 5) is 27.0. The minimum absolute atomic E-state index is 0.0251. The van der Waals surface area contributed by atoms with Crippen molar-refractivity contribution in [2.75, 3.05) is 25.0 Å². The number of anilines is 1. The maximum Gasteiger partial charge on any atom is 0.411 e. The van der Waals surface area contributed by atoms with Gasteiger partial charge in [-0.05, 0) is 63.4 Å². The topological polar surface area (TPSA) is 107 Å². The number of hydrogen-bond donors (Lipinski definition) is 2. The lowest BCUT2D eigenvalue weighted by Crippen LogP contribution is -2.45. The number of esters is 1. The summed E-state index contributed by atoms with van der Waals surface area (Å²) in [6.07, 6.45) is 2.15. The van der Waals surface area contributed by atoms with E-state index in [0.717, 1.165) is 36.1 Å². The van der Waals surface area contributed by atoms with E-state index in [0.29, 0.717) is 18.7 Å². The fourth-order valence-corrected chi connectivity index (χ4v) is 4.99. The molecule has 2 saturated heterocycles. The molecule has 4 atom stereocenters. The van der Waals surface area contributed by atoms with Gasteiger partial charge in [0.2, 0.25) is 0 Å². The normalized spacial score (nSPS) is 23.4. The molecule has 2 N–H and O–H groups in total. The Hall–Kier alpha value is -3.24. The molecule has 0 aromatic heterocycles. The third-order valence-electron chi connectivity index (χ3n) is 6.86. The van der Waals surface area contributed by atoms with Gasteiger partial charge in [-0.15, -0.1) is 0 Å². The van der Waals surface area contributed by atoms with Gasteiger partial charge >= 0.3 is 12.1 Å². The Morgan fingerprint density at radius 3 is 2.45 bits per heavy atom. The summed E-state index contributed by atoms with van der Waals surface area (Å²) in [7, 11) is 0. The number of nitrogens with zero attached hydrogens (tertiary/aromatic N) is 1. The third-order valence-corrected chi connectivity index (χ3v) is 6.86. The lowest BCUT2D eigenvalue weighted by Gasteiger charge is -2.38. The second-order valence-corrected chi connectivity index (χ2v) is 11.2. The second kappa shape index (κ2) is 13.4. The van der Waals surface area contributed by atoms with E-state index in [1.165, 1.54) is 6.08 Å². The fraction of sp³-hybridized carbons (Fsp3) is 0.484. The summed E-state index contributed by atoms with van der Waals surface area (Å²) in [6, 6.07) is 14.7. The summed E-state index contributed by atoms with van der Waals surface area (Å²) >= 11 is 0. The fourth-order valence-electron chi connectivity index (χ4n) is 4.99. The summed E-state index contributed by atoms with van der Waals surface area (Å²) in [5.74, 6) is -0.195. The van der Waals surface area contributed by atoms with Gasteiger partial charge in [-0.3, -0.25) is 15.0 Å². The van der Waals surface area contributed by atoms with Crippen LogP contribution in [0.5, 0.6) is 0 Å². The van der Waals surface area contributed by atoms with Crippen LogP contribution in [0.1, 0.15) is 69.1 Å². The van der Waals surface area contributed by atoms with Gasteiger partial charge in [-0.2, -0.15) is 0 Å². The van der Waals surface area contributed by atoms with E-state index in [9.17, 15) is 14.7 Å². The minimum atomic E-state index is -0.648. The van der Waals surface area contributed by atoms with Crippen LogP contribution in [0.2, 0.25) is 0 Å². The Kier molecular flexibility index (Phi) is 9.97. The van der Waals surface area contributed by atoms with Crippen LogP contribution < -0.4 is 5.32 Å². The minimum Gasteiger partial charge on any atom is -0.459 e. The number of carbonyl (C=O) groups excluding carboxylic acids is 2. The van der Waals surface area contributed by atoms with Gasteiger partial charge < -0.3 is 24.1 Å².